The van der Waals surface area contributed by atoms with Gasteiger partial charge in [0.2, 0.25) is 0 Å². The molecule has 11 nitrogen and oxygen atoms in total. The number of esters is 2. The summed E-state index contributed by atoms with van der Waals surface area (Å²) < 4.78 is 25.2. The summed E-state index contributed by atoms with van der Waals surface area (Å²) in [6, 6.07) is 21.0. The van der Waals surface area contributed by atoms with Crippen molar-refractivity contribution in [2.45, 2.75) is 26.8 Å². The standard InChI is InChI=1S/C38H36N4O7S/c1-22(2)21-49-37(45)32-23(3)39-38-42(34(32)24-12-14-25(15-13-24)36(44)48-6)35(43)31(50-38)19-27-20-41(28-10-8-7-9-11-28)40-33(27)26-16-17-29(46-4)30(18-26)47-5/h7-20,22,34H,21H2,1-6H3. The second kappa shape index (κ2) is 14.4. The monoisotopic (exact) mass is 692 g/mol. The molecule has 12 heteroatoms. The van der Waals surface area contributed by atoms with Gasteiger partial charge in [-0.1, -0.05) is 55.5 Å². The highest BCUT2D eigenvalue weighted by molar-refractivity contribution is 7.07. The molecule has 6 rings (SSSR count). The van der Waals surface area contributed by atoms with Crippen LogP contribution in [0.3, 0.4) is 0 Å². The maximum Gasteiger partial charge on any atom is 0.338 e. The van der Waals surface area contributed by atoms with E-state index in [4.69, 9.17) is 29.0 Å². The third kappa shape index (κ3) is 6.61. The predicted octanol–water partition coefficient (Wildman–Crippen LogP) is 5.09. The molecule has 0 spiro atoms. The SMILES string of the molecule is COC(=O)c1ccc(C2C(C(=O)OCC(C)C)=C(C)N=c3sc(=Cc4cn(-c5ccccc5)nc4-c4ccc(OC)c(OC)c4)c(=O)n32)cc1. The molecule has 0 bridgehead atoms. The summed E-state index contributed by atoms with van der Waals surface area (Å²) >= 11 is 1.21. The van der Waals surface area contributed by atoms with Gasteiger partial charge in [0.15, 0.2) is 16.3 Å². The fraction of sp³-hybridized carbons (Fsp3) is 0.237. The van der Waals surface area contributed by atoms with Crippen LogP contribution in [0.25, 0.3) is 23.0 Å². The van der Waals surface area contributed by atoms with E-state index in [2.05, 4.69) is 0 Å². The maximum absolute atomic E-state index is 14.4. The number of fused-ring (bicyclic) bond motifs is 1. The van der Waals surface area contributed by atoms with Crippen LogP contribution in [0.4, 0.5) is 0 Å². The second-order valence-corrected chi connectivity index (χ2v) is 13.0. The van der Waals surface area contributed by atoms with Crippen LogP contribution < -0.4 is 24.4 Å². The van der Waals surface area contributed by atoms with E-state index in [0.717, 1.165) is 11.3 Å². The van der Waals surface area contributed by atoms with Crippen LogP contribution in [-0.4, -0.2) is 54.2 Å². The number of ether oxygens (including phenoxy) is 4. The minimum absolute atomic E-state index is 0.107. The zero-order valence-corrected chi connectivity index (χ0v) is 29.3. The molecule has 0 radical (unpaired) electrons. The summed E-state index contributed by atoms with van der Waals surface area (Å²) in [6.45, 7) is 5.83. The number of thiazole rings is 1. The van der Waals surface area contributed by atoms with E-state index < -0.39 is 18.0 Å². The molecule has 0 saturated heterocycles. The first-order chi connectivity index (χ1) is 24.1. The lowest BCUT2D eigenvalue weighted by Crippen LogP contribution is -2.40. The van der Waals surface area contributed by atoms with Crippen LogP contribution in [-0.2, 0) is 14.3 Å². The average Bonchev–Trinajstić information content (AvgIpc) is 3.69. The molecule has 3 aromatic carbocycles. The smallest absolute Gasteiger partial charge is 0.338 e. The molecule has 5 aromatic rings. The number of carbonyl (C=O) groups is 2. The fourth-order valence-corrected chi connectivity index (χ4v) is 6.73. The summed E-state index contributed by atoms with van der Waals surface area (Å²) in [6.07, 6.45) is 3.65. The number of methoxy groups -OCH3 is 3. The highest BCUT2D eigenvalue weighted by Crippen LogP contribution is 2.34. The van der Waals surface area contributed by atoms with E-state index in [1.54, 1.807) is 56.2 Å². The van der Waals surface area contributed by atoms with E-state index in [9.17, 15) is 14.4 Å². The molecular weight excluding hydrogens is 657 g/mol. The molecular formula is C38H36N4O7S. The molecule has 3 heterocycles. The number of aromatic nitrogens is 3. The Balaban J connectivity index is 1.54. The summed E-state index contributed by atoms with van der Waals surface area (Å²) in [5.41, 5.74) is 4.18. The highest BCUT2D eigenvalue weighted by atomic mass is 32.1. The summed E-state index contributed by atoms with van der Waals surface area (Å²) in [7, 11) is 4.45. The van der Waals surface area contributed by atoms with Gasteiger partial charge >= 0.3 is 11.9 Å². The Morgan fingerprint density at radius 1 is 0.940 bits per heavy atom. The number of nitrogens with zero attached hydrogens (tertiary/aromatic N) is 4. The molecule has 0 N–H and O–H groups in total. The predicted molar refractivity (Wildman–Crippen MR) is 189 cm³/mol. The topological polar surface area (TPSA) is 123 Å². The zero-order chi connectivity index (χ0) is 35.5. The molecule has 2 aromatic heterocycles. The molecule has 1 aliphatic rings. The van der Waals surface area contributed by atoms with Crippen LogP contribution in [0.1, 0.15) is 48.3 Å². The first-order valence-electron chi connectivity index (χ1n) is 15.9. The van der Waals surface area contributed by atoms with Crippen molar-refractivity contribution >= 4 is 29.4 Å². The van der Waals surface area contributed by atoms with E-state index in [0.29, 0.717) is 48.9 Å². The lowest BCUT2D eigenvalue weighted by atomic mass is 9.95. The summed E-state index contributed by atoms with van der Waals surface area (Å²) in [4.78, 5) is 45.4. The third-order valence-corrected chi connectivity index (χ3v) is 9.13. The Bertz CT molecular complexity index is 2280. The molecule has 1 aliphatic heterocycles. The van der Waals surface area contributed by atoms with Crippen molar-refractivity contribution in [1.29, 1.82) is 0 Å². The average molecular weight is 693 g/mol. The lowest BCUT2D eigenvalue weighted by molar-refractivity contribution is -0.140. The second-order valence-electron chi connectivity index (χ2n) is 12.0. The van der Waals surface area contributed by atoms with Crippen molar-refractivity contribution in [2.24, 2.45) is 10.9 Å². The van der Waals surface area contributed by atoms with Gasteiger partial charge in [0.25, 0.3) is 5.56 Å². The van der Waals surface area contributed by atoms with Crippen LogP contribution in [0.2, 0.25) is 0 Å². The van der Waals surface area contributed by atoms with Gasteiger partial charge < -0.3 is 18.9 Å². The molecule has 0 saturated carbocycles. The first kappa shape index (κ1) is 34.1. The van der Waals surface area contributed by atoms with Gasteiger partial charge in [-0.05, 0) is 66.9 Å². The summed E-state index contributed by atoms with van der Waals surface area (Å²) in [5.74, 6) is 0.165. The van der Waals surface area contributed by atoms with Gasteiger partial charge in [-0.3, -0.25) is 9.36 Å². The number of para-hydroxylation sites is 1. The molecule has 50 heavy (non-hydrogen) atoms. The van der Waals surface area contributed by atoms with Crippen molar-refractivity contribution in [1.82, 2.24) is 14.3 Å². The van der Waals surface area contributed by atoms with Gasteiger partial charge in [0, 0.05) is 17.3 Å². The molecule has 0 aliphatic carbocycles. The molecule has 1 atom stereocenters. The number of hydrogen-bond acceptors (Lipinski definition) is 10. The van der Waals surface area contributed by atoms with Gasteiger partial charge in [-0.25, -0.2) is 19.3 Å². The Morgan fingerprint density at radius 3 is 2.32 bits per heavy atom. The zero-order valence-electron chi connectivity index (χ0n) is 28.5. The number of rotatable bonds is 10. The third-order valence-electron chi connectivity index (χ3n) is 8.14. The Morgan fingerprint density at radius 2 is 1.66 bits per heavy atom. The molecule has 0 amide bonds. The number of carbonyl (C=O) groups excluding carboxylic acids is 2. The van der Waals surface area contributed by atoms with Crippen molar-refractivity contribution in [3.63, 3.8) is 0 Å². The van der Waals surface area contributed by atoms with Crippen molar-refractivity contribution in [2.75, 3.05) is 27.9 Å². The Hall–Kier alpha value is -5.75. The Labute approximate surface area is 292 Å². The number of allylic oxidation sites excluding steroid dienone is 1. The minimum Gasteiger partial charge on any atom is -0.493 e. The van der Waals surface area contributed by atoms with E-state index >= 15 is 0 Å². The first-order valence-corrected chi connectivity index (χ1v) is 16.7. The van der Waals surface area contributed by atoms with E-state index in [1.165, 1.54) is 23.0 Å². The van der Waals surface area contributed by atoms with Gasteiger partial charge in [-0.15, -0.1) is 0 Å². The maximum atomic E-state index is 14.4. The number of benzene rings is 3. The van der Waals surface area contributed by atoms with Crippen molar-refractivity contribution in [3.8, 4) is 28.4 Å². The molecule has 0 fully saturated rings. The van der Waals surface area contributed by atoms with Gasteiger partial charge in [0.1, 0.15) is 5.69 Å². The largest absolute Gasteiger partial charge is 0.493 e. The Kier molecular flexibility index (Phi) is 9.82. The highest BCUT2D eigenvalue weighted by Gasteiger charge is 2.34. The van der Waals surface area contributed by atoms with Crippen LogP contribution in [0.5, 0.6) is 11.5 Å². The van der Waals surface area contributed by atoms with Crippen molar-refractivity contribution in [3.05, 3.63) is 127 Å². The van der Waals surface area contributed by atoms with Crippen LogP contribution >= 0.6 is 11.3 Å². The molecule has 256 valence electrons. The lowest BCUT2D eigenvalue weighted by Gasteiger charge is -2.25. The van der Waals surface area contributed by atoms with E-state index in [-0.39, 0.29) is 23.7 Å². The van der Waals surface area contributed by atoms with Crippen LogP contribution in [0, 0.1) is 5.92 Å². The summed E-state index contributed by atoms with van der Waals surface area (Å²) in [5, 5.41) is 4.92. The van der Waals surface area contributed by atoms with Gasteiger partial charge in [0.05, 0.1) is 61.0 Å². The normalized spacial score (nSPS) is 14.3. The fourth-order valence-electron chi connectivity index (χ4n) is 5.69. The van der Waals surface area contributed by atoms with E-state index in [1.807, 2.05) is 68.6 Å². The minimum atomic E-state index is -0.850. The van der Waals surface area contributed by atoms with Crippen molar-refractivity contribution < 1.29 is 28.5 Å². The molecule has 1 unspecified atom stereocenters. The van der Waals surface area contributed by atoms with Gasteiger partial charge in [-0.2, -0.15) is 5.10 Å². The van der Waals surface area contributed by atoms with Crippen LogP contribution in [0.15, 0.2) is 100 Å². The number of hydrogen-bond donors (Lipinski definition) is 0. The quantitative estimate of drug-likeness (QED) is 0.186.